The third kappa shape index (κ3) is 6.06. The van der Waals surface area contributed by atoms with E-state index in [1.807, 2.05) is 6.92 Å². The third-order valence-corrected chi connectivity index (χ3v) is 5.61. The molecule has 0 radical (unpaired) electrons. The molecule has 0 aliphatic rings. The number of nitrogens with one attached hydrogen (secondary N) is 1. The zero-order valence-electron chi connectivity index (χ0n) is 21.1. The number of carbonyl (C=O) groups excluding carboxylic acids is 1. The highest BCUT2D eigenvalue weighted by Crippen LogP contribution is 2.33. The number of ether oxygens (including phenoxy) is 2. The maximum Gasteiger partial charge on any atom is 0.433 e. The summed E-state index contributed by atoms with van der Waals surface area (Å²) in [5, 5.41) is 17.6. The van der Waals surface area contributed by atoms with Gasteiger partial charge in [-0.05, 0) is 37.3 Å². The van der Waals surface area contributed by atoms with Crippen LogP contribution < -0.4 is 14.8 Å². The zero-order valence-corrected chi connectivity index (χ0v) is 21.1. The Morgan fingerprint density at radius 1 is 0.976 bits per heavy atom. The second-order valence-electron chi connectivity index (χ2n) is 8.47. The van der Waals surface area contributed by atoms with Gasteiger partial charge >= 0.3 is 6.18 Å². The molecule has 0 atom stereocenters. The van der Waals surface area contributed by atoms with Gasteiger partial charge in [0, 0.05) is 17.7 Å². The van der Waals surface area contributed by atoms with Gasteiger partial charge in [-0.25, -0.2) is 4.98 Å². The molecule has 2 aromatic heterocycles. The van der Waals surface area contributed by atoms with Crippen LogP contribution in [0.4, 0.5) is 24.5 Å². The fourth-order valence-corrected chi connectivity index (χ4v) is 3.84. The number of aromatic nitrogens is 4. The number of nitro groups is 1. The van der Waals surface area contributed by atoms with Crippen molar-refractivity contribution in [3.63, 3.8) is 0 Å². The van der Waals surface area contributed by atoms with Crippen LogP contribution >= 0.6 is 0 Å². The maximum absolute atomic E-state index is 13.9. The Balaban J connectivity index is 1.46. The SMILES string of the molecule is CCOc1ccc(Oc2cc(NC(=O)c3nc4nc(-c5ccccc5)cc(C(F)(F)F)n4n3)cc([N+](=O)[O-])c2)cc1. The molecule has 41 heavy (non-hydrogen) atoms. The molecule has 1 amide bonds. The van der Waals surface area contributed by atoms with Crippen molar-refractivity contribution >= 4 is 23.1 Å². The van der Waals surface area contributed by atoms with Crippen molar-refractivity contribution < 1.29 is 32.4 Å². The molecule has 0 saturated carbocycles. The molecule has 0 saturated heterocycles. The van der Waals surface area contributed by atoms with E-state index in [0.717, 1.165) is 18.2 Å². The average Bonchev–Trinajstić information content (AvgIpc) is 3.38. The normalized spacial score (nSPS) is 11.3. The molecule has 14 heteroatoms. The van der Waals surface area contributed by atoms with Gasteiger partial charge in [-0.2, -0.15) is 22.7 Å². The second kappa shape index (κ2) is 10.9. The van der Waals surface area contributed by atoms with Gasteiger partial charge < -0.3 is 14.8 Å². The Labute approximate surface area is 229 Å². The van der Waals surface area contributed by atoms with E-state index in [1.54, 1.807) is 54.6 Å². The number of carbonyl (C=O) groups is 1. The fraction of sp³-hybridized carbons (Fsp3) is 0.111. The van der Waals surface area contributed by atoms with Crippen molar-refractivity contribution in [1.82, 2.24) is 19.6 Å². The van der Waals surface area contributed by atoms with Gasteiger partial charge in [-0.15, -0.1) is 5.10 Å². The summed E-state index contributed by atoms with van der Waals surface area (Å²) in [5.41, 5.74) is -1.27. The van der Waals surface area contributed by atoms with Crippen LogP contribution in [-0.4, -0.2) is 37.0 Å². The van der Waals surface area contributed by atoms with E-state index >= 15 is 0 Å². The standard InChI is InChI=1S/C27H19F3N6O5/c1-2-40-19-8-10-20(11-9-19)41-21-13-17(12-18(14-21)36(38)39)31-25(37)24-33-26-32-22(16-6-4-3-5-7-16)15-23(27(28,29)30)35(26)34-24/h3-15H,2H2,1H3,(H,31,37). The monoisotopic (exact) mass is 564 g/mol. The Hall–Kier alpha value is -5.53. The van der Waals surface area contributed by atoms with Crippen molar-refractivity contribution in [2.45, 2.75) is 13.1 Å². The number of nitrogens with zero attached hydrogens (tertiary/aromatic N) is 5. The minimum atomic E-state index is -4.83. The van der Waals surface area contributed by atoms with Gasteiger partial charge in [-0.3, -0.25) is 14.9 Å². The lowest BCUT2D eigenvalue weighted by Gasteiger charge is -2.10. The number of rotatable bonds is 8. The number of fused-ring (bicyclic) bond motifs is 1. The molecular formula is C27H19F3N6O5. The maximum atomic E-state index is 13.9. The van der Waals surface area contributed by atoms with Gasteiger partial charge in [0.1, 0.15) is 17.2 Å². The van der Waals surface area contributed by atoms with Crippen LogP contribution in [0.2, 0.25) is 0 Å². The summed E-state index contributed by atoms with van der Waals surface area (Å²) in [5.74, 6) is -1.14. The van der Waals surface area contributed by atoms with Crippen molar-refractivity contribution in [3.8, 4) is 28.5 Å². The highest BCUT2D eigenvalue weighted by atomic mass is 19.4. The molecule has 0 unspecified atom stereocenters. The predicted octanol–water partition coefficient (Wildman–Crippen LogP) is 6.16. The van der Waals surface area contributed by atoms with Crippen molar-refractivity contribution in [2.75, 3.05) is 11.9 Å². The van der Waals surface area contributed by atoms with Gasteiger partial charge in [0.25, 0.3) is 17.4 Å². The summed E-state index contributed by atoms with van der Waals surface area (Å²) >= 11 is 0. The summed E-state index contributed by atoms with van der Waals surface area (Å²) in [6.07, 6.45) is -4.83. The Morgan fingerprint density at radius 2 is 1.68 bits per heavy atom. The zero-order chi connectivity index (χ0) is 29.1. The molecule has 5 aromatic rings. The van der Waals surface area contributed by atoms with Gasteiger partial charge in [0.05, 0.1) is 29.0 Å². The second-order valence-corrected chi connectivity index (χ2v) is 8.47. The van der Waals surface area contributed by atoms with Crippen LogP contribution in [0.15, 0.2) is 78.9 Å². The van der Waals surface area contributed by atoms with Gasteiger partial charge in [0.15, 0.2) is 5.69 Å². The molecule has 2 heterocycles. The summed E-state index contributed by atoms with van der Waals surface area (Å²) in [7, 11) is 0. The van der Waals surface area contributed by atoms with E-state index in [0.29, 0.717) is 28.2 Å². The summed E-state index contributed by atoms with van der Waals surface area (Å²) in [6.45, 7) is 2.30. The number of non-ortho nitro benzene ring substituents is 1. The third-order valence-electron chi connectivity index (χ3n) is 5.61. The first-order valence-corrected chi connectivity index (χ1v) is 12.0. The Morgan fingerprint density at radius 3 is 2.34 bits per heavy atom. The fourth-order valence-electron chi connectivity index (χ4n) is 3.84. The number of nitro benzene ring substituents is 1. The number of amides is 1. The van der Waals surface area contributed by atoms with Crippen LogP contribution in [0.1, 0.15) is 23.2 Å². The van der Waals surface area contributed by atoms with Crippen LogP contribution in [0.25, 0.3) is 17.0 Å². The first kappa shape index (κ1) is 27.1. The smallest absolute Gasteiger partial charge is 0.433 e. The highest BCUT2D eigenvalue weighted by Gasteiger charge is 2.36. The molecule has 0 spiro atoms. The van der Waals surface area contributed by atoms with Crippen molar-refractivity contribution in [2.24, 2.45) is 0 Å². The molecule has 11 nitrogen and oxygen atoms in total. The summed E-state index contributed by atoms with van der Waals surface area (Å²) in [4.78, 5) is 31.8. The Bertz CT molecular complexity index is 1740. The summed E-state index contributed by atoms with van der Waals surface area (Å²) < 4.78 is 53.1. The number of benzene rings is 3. The minimum Gasteiger partial charge on any atom is -0.494 e. The molecule has 208 valence electrons. The first-order valence-electron chi connectivity index (χ1n) is 12.0. The molecule has 3 aromatic carbocycles. The lowest BCUT2D eigenvalue weighted by Crippen LogP contribution is -2.16. The lowest BCUT2D eigenvalue weighted by molar-refractivity contribution is -0.384. The van der Waals surface area contributed by atoms with Crippen LogP contribution in [0.5, 0.6) is 17.2 Å². The quantitative estimate of drug-likeness (QED) is 0.175. The number of hydrogen-bond acceptors (Lipinski definition) is 8. The molecule has 0 aliphatic carbocycles. The molecule has 0 bridgehead atoms. The topological polar surface area (TPSA) is 134 Å². The van der Waals surface area contributed by atoms with Crippen molar-refractivity contribution in [3.05, 3.63) is 100 Å². The summed E-state index contributed by atoms with van der Waals surface area (Å²) in [6, 6.07) is 19.0. The van der Waals surface area contributed by atoms with E-state index in [2.05, 4.69) is 20.4 Å². The molecule has 0 aliphatic heterocycles. The van der Waals surface area contributed by atoms with E-state index in [4.69, 9.17) is 9.47 Å². The molecule has 1 N–H and O–H groups in total. The van der Waals surface area contributed by atoms with Crippen LogP contribution in [0.3, 0.4) is 0 Å². The number of anilines is 1. The van der Waals surface area contributed by atoms with E-state index in [1.165, 1.54) is 6.07 Å². The first-order chi connectivity index (χ1) is 19.6. The molecule has 0 fully saturated rings. The molecular weight excluding hydrogens is 545 g/mol. The largest absolute Gasteiger partial charge is 0.494 e. The average molecular weight is 564 g/mol. The van der Waals surface area contributed by atoms with Gasteiger partial charge in [-0.1, -0.05) is 30.3 Å². The number of halogens is 3. The number of hydrogen-bond donors (Lipinski definition) is 1. The van der Waals surface area contributed by atoms with E-state index in [-0.39, 0.29) is 17.1 Å². The predicted molar refractivity (Wildman–Crippen MR) is 140 cm³/mol. The van der Waals surface area contributed by atoms with Crippen molar-refractivity contribution in [1.29, 1.82) is 0 Å². The minimum absolute atomic E-state index is 0.0143. The lowest BCUT2D eigenvalue weighted by atomic mass is 10.1. The Kier molecular flexibility index (Phi) is 7.20. The van der Waals surface area contributed by atoms with E-state index in [9.17, 15) is 28.1 Å². The van der Waals surface area contributed by atoms with E-state index < -0.39 is 40.0 Å². The number of alkyl halides is 3. The van der Waals surface area contributed by atoms with Crippen LogP contribution in [0, 0.1) is 10.1 Å². The van der Waals surface area contributed by atoms with Crippen LogP contribution in [-0.2, 0) is 6.18 Å². The highest BCUT2D eigenvalue weighted by molar-refractivity contribution is 6.02. The van der Waals surface area contributed by atoms with Gasteiger partial charge in [0.2, 0.25) is 5.82 Å². The molecule has 5 rings (SSSR count).